The van der Waals surface area contributed by atoms with Crippen LogP contribution in [0.15, 0.2) is 35.7 Å². The molecule has 1 aliphatic rings. The fourth-order valence-corrected chi connectivity index (χ4v) is 3.87. The third-order valence-electron chi connectivity index (χ3n) is 4.26. The molecule has 0 spiro atoms. The number of carbonyl (C=O) groups is 1. The third-order valence-corrected chi connectivity index (χ3v) is 5.20. The van der Waals surface area contributed by atoms with Crippen molar-refractivity contribution in [3.63, 3.8) is 0 Å². The molecule has 0 atom stereocenters. The van der Waals surface area contributed by atoms with Gasteiger partial charge in [-0.2, -0.15) is 5.10 Å². The van der Waals surface area contributed by atoms with Crippen molar-refractivity contribution in [2.75, 3.05) is 0 Å². The molecule has 122 valence electrons. The van der Waals surface area contributed by atoms with Crippen LogP contribution >= 0.6 is 11.3 Å². The van der Waals surface area contributed by atoms with Crippen molar-refractivity contribution in [2.24, 2.45) is 0 Å². The van der Waals surface area contributed by atoms with E-state index in [0.717, 1.165) is 34.8 Å². The summed E-state index contributed by atoms with van der Waals surface area (Å²) in [5.74, 6) is -0.0188. The maximum atomic E-state index is 12.2. The van der Waals surface area contributed by atoms with Crippen LogP contribution in [0.2, 0.25) is 0 Å². The molecule has 1 amide bonds. The SMILES string of the molecule is O=C(Cc1csc(-c2ccccc2)n1)NCc1n[nH]c2c1CCC2. The molecular formula is C18H18N4OS. The molecule has 2 aromatic heterocycles. The van der Waals surface area contributed by atoms with Gasteiger partial charge in [0.2, 0.25) is 5.91 Å². The van der Waals surface area contributed by atoms with Crippen molar-refractivity contribution >= 4 is 17.2 Å². The van der Waals surface area contributed by atoms with Crippen LogP contribution in [0, 0.1) is 0 Å². The molecular weight excluding hydrogens is 320 g/mol. The number of hydrogen-bond acceptors (Lipinski definition) is 4. The average molecular weight is 338 g/mol. The van der Waals surface area contributed by atoms with Crippen LogP contribution in [0.25, 0.3) is 10.6 Å². The van der Waals surface area contributed by atoms with E-state index in [1.807, 2.05) is 35.7 Å². The second kappa shape index (κ2) is 6.57. The van der Waals surface area contributed by atoms with Crippen LogP contribution in [0.1, 0.15) is 29.1 Å². The van der Waals surface area contributed by atoms with Gasteiger partial charge in [-0.15, -0.1) is 11.3 Å². The molecule has 1 aromatic carbocycles. The normalized spacial score (nSPS) is 13.0. The molecule has 0 saturated heterocycles. The summed E-state index contributed by atoms with van der Waals surface area (Å²) in [5.41, 5.74) is 5.38. The smallest absolute Gasteiger partial charge is 0.226 e. The molecule has 0 radical (unpaired) electrons. The van der Waals surface area contributed by atoms with E-state index in [1.54, 1.807) is 11.3 Å². The van der Waals surface area contributed by atoms with E-state index in [-0.39, 0.29) is 5.91 Å². The number of aromatic nitrogens is 3. The van der Waals surface area contributed by atoms with E-state index in [2.05, 4.69) is 20.5 Å². The molecule has 0 saturated carbocycles. The summed E-state index contributed by atoms with van der Waals surface area (Å²) in [6.45, 7) is 0.486. The molecule has 0 aliphatic heterocycles. The van der Waals surface area contributed by atoms with Gasteiger partial charge in [-0.3, -0.25) is 9.89 Å². The zero-order valence-corrected chi connectivity index (χ0v) is 14.0. The Morgan fingerprint density at radius 2 is 2.12 bits per heavy atom. The van der Waals surface area contributed by atoms with Gasteiger partial charge in [0.15, 0.2) is 0 Å². The minimum absolute atomic E-state index is 0.0188. The van der Waals surface area contributed by atoms with E-state index < -0.39 is 0 Å². The molecule has 0 bridgehead atoms. The Morgan fingerprint density at radius 1 is 1.25 bits per heavy atom. The number of thiazole rings is 1. The molecule has 0 fully saturated rings. The summed E-state index contributed by atoms with van der Waals surface area (Å²) in [6.07, 6.45) is 3.60. The maximum Gasteiger partial charge on any atom is 0.226 e. The lowest BCUT2D eigenvalue weighted by Crippen LogP contribution is -2.25. The second-order valence-corrected chi connectivity index (χ2v) is 6.80. The van der Waals surface area contributed by atoms with E-state index in [1.165, 1.54) is 17.7 Å². The minimum Gasteiger partial charge on any atom is -0.350 e. The highest BCUT2D eigenvalue weighted by atomic mass is 32.1. The van der Waals surface area contributed by atoms with Crippen molar-refractivity contribution in [2.45, 2.75) is 32.2 Å². The Balaban J connectivity index is 1.35. The highest BCUT2D eigenvalue weighted by Gasteiger charge is 2.18. The van der Waals surface area contributed by atoms with Gasteiger partial charge in [-0.1, -0.05) is 30.3 Å². The van der Waals surface area contributed by atoms with E-state index in [0.29, 0.717) is 13.0 Å². The summed E-state index contributed by atoms with van der Waals surface area (Å²) in [7, 11) is 0. The Bertz CT molecular complexity index is 853. The molecule has 3 aromatic rings. The van der Waals surface area contributed by atoms with Gasteiger partial charge in [0.1, 0.15) is 5.01 Å². The van der Waals surface area contributed by atoms with Crippen molar-refractivity contribution < 1.29 is 4.79 Å². The maximum absolute atomic E-state index is 12.2. The fourth-order valence-electron chi connectivity index (χ4n) is 3.05. The van der Waals surface area contributed by atoms with Gasteiger partial charge >= 0.3 is 0 Å². The first-order chi connectivity index (χ1) is 11.8. The molecule has 6 heteroatoms. The number of nitrogens with zero attached hydrogens (tertiary/aromatic N) is 2. The number of carbonyl (C=O) groups excluding carboxylic acids is 1. The first-order valence-electron chi connectivity index (χ1n) is 8.11. The number of hydrogen-bond donors (Lipinski definition) is 2. The Labute approximate surface area is 144 Å². The number of aromatic amines is 1. The summed E-state index contributed by atoms with van der Waals surface area (Å²) < 4.78 is 0. The van der Waals surface area contributed by atoms with E-state index in [9.17, 15) is 4.79 Å². The first kappa shape index (κ1) is 15.1. The summed E-state index contributed by atoms with van der Waals surface area (Å²) in [4.78, 5) is 16.7. The highest BCUT2D eigenvalue weighted by Crippen LogP contribution is 2.24. The van der Waals surface area contributed by atoms with Gasteiger partial charge < -0.3 is 5.32 Å². The lowest BCUT2D eigenvalue weighted by atomic mass is 10.2. The van der Waals surface area contributed by atoms with Gasteiger partial charge in [0.25, 0.3) is 0 Å². The van der Waals surface area contributed by atoms with Gasteiger partial charge in [-0.25, -0.2) is 4.98 Å². The zero-order valence-electron chi connectivity index (χ0n) is 13.2. The van der Waals surface area contributed by atoms with Crippen molar-refractivity contribution in [1.29, 1.82) is 0 Å². The van der Waals surface area contributed by atoms with Gasteiger partial charge in [0, 0.05) is 16.6 Å². The molecule has 4 rings (SSSR count). The number of nitrogens with one attached hydrogen (secondary N) is 2. The zero-order chi connectivity index (χ0) is 16.4. The molecule has 0 unspecified atom stereocenters. The van der Waals surface area contributed by atoms with Crippen molar-refractivity contribution in [3.05, 3.63) is 58.4 Å². The molecule has 2 N–H and O–H groups in total. The van der Waals surface area contributed by atoms with Crippen LogP contribution in [-0.2, 0) is 30.6 Å². The van der Waals surface area contributed by atoms with E-state index in [4.69, 9.17) is 0 Å². The van der Waals surface area contributed by atoms with Crippen LogP contribution in [0.4, 0.5) is 0 Å². The summed E-state index contributed by atoms with van der Waals surface area (Å²) >= 11 is 1.57. The first-order valence-corrected chi connectivity index (χ1v) is 8.99. The predicted octanol–water partition coefficient (Wildman–Crippen LogP) is 2.88. The van der Waals surface area contributed by atoms with Crippen LogP contribution in [-0.4, -0.2) is 21.1 Å². The largest absolute Gasteiger partial charge is 0.350 e. The number of H-pyrrole nitrogens is 1. The minimum atomic E-state index is -0.0188. The third kappa shape index (κ3) is 3.10. The number of amides is 1. The quantitative estimate of drug-likeness (QED) is 0.751. The highest BCUT2D eigenvalue weighted by molar-refractivity contribution is 7.13. The molecule has 1 aliphatic carbocycles. The van der Waals surface area contributed by atoms with Gasteiger partial charge in [-0.05, 0) is 24.8 Å². The second-order valence-electron chi connectivity index (χ2n) is 5.94. The molecule has 2 heterocycles. The fraction of sp³-hybridized carbons (Fsp3) is 0.278. The number of aryl methyl sites for hydroxylation is 1. The van der Waals surface area contributed by atoms with Gasteiger partial charge in [0.05, 0.1) is 24.4 Å². The predicted molar refractivity (Wildman–Crippen MR) is 93.7 cm³/mol. The Hall–Kier alpha value is -2.47. The number of fused-ring (bicyclic) bond motifs is 1. The molecule has 5 nitrogen and oxygen atoms in total. The van der Waals surface area contributed by atoms with Crippen molar-refractivity contribution in [1.82, 2.24) is 20.5 Å². The topological polar surface area (TPSA) is 70.7 Å². The summed E-state index contributed by atoms with van der Waals surface area (Å²) in [5, 5.41) is 13.2. The van der Waals surface area contributed by atoms with Crippen molar-refractivity contribution in [3.8, 4) is 10.6 Å². The van der Waals surface area contributed by atoms with E-state index >= 15 is 0 Å². The standard InChI is InChI=1S/C18H18N4OS/c23-17(19-10-16-14-7-4-8-15(14)21-22-16)9-13-11-24-18(20-13)12-5-2-1-3-6-12/h1-3,5-6,11H,4,7-10H2,(H,19,23)(H,21,22). The van der Waals surface area contributed by atoms with Crippen LogP contribution < -0.4 is 5.32 Å². The number of rotatable bonds is 5. The Kier molecular flexibility index (Phi) is 4.13. The van der Waals surface area contributed by atoms with Crippen LogP contribution in [0.5, 0.6) is 0 Å². The Morgan fingerprint density at radius 3 is 3.00 bits per heavy atom. The lowest BCUT2D eigenvalue weighted by molar-refractivity contribution is -0.120. The number of benzene rings is 1. The molecule has 24 heavy (non-hydrogen) atoms. The average Bonchev–Trinajstić information content (AvgIpc) is 3.31. The lowest BCUT2D eigenvalue weighted by Gasteiger charge is -2.03. The van der Waals surface area contributed by atoms with Crippen LogP contribution in [0.3, 0.4) is 0 Å². The monoisotopic (exact) mass is 338 g/mol. The summed E-state index contributed by atoms with van der Waals surface area (Å²) in [6, 6.07) is 10.0.